The molecule has 1 aliphatic rings. The molecule has 1 saturated heterocycles. The second-order valence-corrected chi connectivity index (χ2v) is 6.41. The van der Waals surface area contributed by atoms with Crippen molar-refractivity contribution in [2.24, 2.45) is 10.7 Å². The highest BCUT2D eigenvalue weighted by Gasteiger charge is 2.18. The van der Waals surface area contributed by atoms with Crippen LogP contribution in [0.25, 0.3) is 0 Å². The van der Waals surface area contributed by atoms with Gasteiger partial charge in [0.25, 0.3) is 0 Å². The molecule has 0 saturated carbocycles. The van der Waals surface area contributed by atoms with Crippen molar-refractivity contribution in [1.82, 2.24) is 0 Å². The maximum Gasteiger partial charge on any atom is 0.193 e. The van der Waals surface area contributed by atoms with Gasteiger partial charge in [-0.25, -0.2) is 4.99 Å². The summed E-state index contributed by atoms with van der Waals surface area (Å²) in [5, 5.41) is 3.11. The molecule has 3 rings (SSSR count). The van der Waals surface area contributed by atoms with Crippen molar-refractivity contribution in [2.75, 3.05) is 18.5 Å². The van der Waals surface area contributed by atoms with E-state index >= 15 is 0 Å². The second kappa shape index (κ2) is 8.03. The number of benzene rings is 2. The van der Waals surface area contributed by atoms with Crippen molar-refractivity contribution in [3.05, 3.63) is 59.2 Å². The summed E-state index contributed by atoms with van der Waals surface area (Å²) in [6.45, 7) is 5.98. The van der Waals surface area contributed by atoms with Crippen LogP contribution in [0.3, 0.4) is 0 Å². The van der Waals surface area contributed by atoms with Gasteiger partial charge in [-0.3, -0.25) is 0 Å². The lowest BCUT2D eigenvalue weighted by molar-refractivity contribution is 0.140. The fourth-order valence-electron chi connectivity index (χ4n) is 2.68. The topological polar surface area (TPSA) is 68.9 Å². The van der Waals surface area contributed by atoms with E-state index in [1.165, 1.54) is 5.56 Å². The highest BCUT2D eigenvalue weighted by Crippen LogP contribution is 2.24. The number of nitrogens with one attached hydrogen (secondary N) is 1. The number of nitrogens with two attached hydrogens (primary N) is 1. The van der Waals surface area contributed by atoms with Crippen LogP contribution in [0.5, 0.6) is 5.75 Å². The number of aliphatic imine (C=N–C) groups is 1. The van der Waals surface area contributed by atoms with Crippen LogP contribution >= 0.6 is 0 Å². The molecular weight excluding hydrogens is 314 g/mol. The molecular formula is C20H25N3O2. The average molecular weight is 339 g/mol. The molecule has 0 bridgehead atoms. The van der Waals surface area contributed by atoms with Crippen LogP contribution in [0.2, 0.25) is 0 Å². The number of guanidine groups is 1. The predicted octanol–water partition coefficient (Wildman–Crippen LogP) is 3.40. The largest absolute Gasteiger partial charge is 0.488 e. The lowest BCUT2D eigenvalue weighted by Crippen LogP contribution is -2.22. The third-order valence-corrected chi connectivity index (χ3v) is 4.15. The molecule has 5 nitrogen and oxygen atoms in total. The lowest BCUT2D eigenvalue weighted by Gasteiger charge is -2.16. The number of hydrogen-bond donors (Lipinski definition) is 2. The van der Waals surface area contributed by atoms with Crippen LogP contribution in [0, 0.1) is 13.8 Å². The standard InChI is InChI=1S/C20H25N3O2/c1-14-4-7-17(8-5-14)23-20(21)22-12-16-6-3-15(2)11-19(16)25-18-9-10-24-13-18/h3-8,11,18H,9-10,12-13H2,1-2H3,(H3,21,22,23). The normalized spacial score (nSPS) is 17.5. The van der Waals surface area contributed by atoms with Gasteiger partial charge >= 0.3 is 0 Å². The van der Waals surface area contributed by atoms with Crippen molar-refractivity contribution < 1.29 is 9.47 Å². The number of nitrogens with zero attached hydrogens (tertiary/aromatic N) is 1. The minimum Gasteiger partial charge on any atom is -0.488 e. The fraction of sp³-hybridized carbons (Fsp3) is 0.350. The Kier molecular flexibility index (Phi) is 5.56. The quantitative estimate of drug-likeness (QED) is 0.647. The van der Waals surface area contributed by atoms with Gasteiger partial charge in [0.1, 0.15) is 11.9 Å². The van der Waals surface area contributed by atoms with E-state index in [0.717, 1.165) is 35.6 Å². The molecule has 1 heterocycles. The van der Waals surface area contributed by atoms with Gasteiger partial charge in [-0.05, 0) is 37.6 Å². The van der Waals surface area contributed by atoms with Gasteiger partial charge in [0, 0.05) is 17.7 Å². The number of aryl methyl sites for hydroxylation is 2. The summed E-state index contributed by atoms with van der Waals surface area (Å²) in [5.74, 6) is 1.25. The van der Waals surface area contributed by atoms with Gasteiger partial charge in [-0.1, -0.05) is 29.8 Å². The smallest absolute Gasteiger partial charge is 0.193 e. The van der Waals surface area contributed by atoms with Crippen LogP contribution in [0.1, 0.15) is 23.1 Å². The molecule has 1 atom stereocenters. The Morgan fingerprint density at radius 3 is 2.68 bits per heavy atom. The molecule has 5 heteroatoms. The molecule has 0 spiro atoms. The van der Waals surface area contributed by atoms with E-state index < -0.39 is 0 Å². The Morgan fingerprint density at radius 1 is 1.20 bits per heavy atom. The first-order valence-electron chi connectivity index (χ1n) is 8.58. The van der Waals surface area contributed by atoms with E-state index in [-0.39, 0.29) is 6.10 Å². The van der Waals surface area contributed by atoms with Crippen LogP contribution in [-0.4, -0.2) is 25.3 Å². The van der Waals surface area contributed by atoms with Crippen LogP contribution in [0.4, 0.5) is 5.69 Å². The summed E-state index contributed by atoms with van der Waals surface area (Å²) in [5.41, 5.74) is 10.3. The average Bonchev–Trinajstić information content (AvgIpc) is 3.09. The van der Waals surface area contributed by atoms with E-state index in [9.17, 15) is 0 Å². The molecule has 2 aromatic rings. The number of rotatable bonds is 5. The minimum absolute atomic E-state index is 0.118. The second-order valence-electron chi connectivity index (χ2n) is 6.41. The molecule has 0 aromatic heterocycles. The summed E-state index contributed by atoms with van der Waals surface area (Å²) in [6.07, 6.45) is 1.04. The zero-order valence-electron chi connectivity index (χ0n) is 14.8. The number of hydrogen-bond acceptors (Lipinski definition) is 3. The predicted molar refractivity (Wildman–Crippen MR) is 101 cm³/mol. The number of ether oxygens (including phenoxy) is 2. The van der Waals surface area contributed by atoms with Gasteiger partial charge < -0.3 is 20.5 Å². The highest BCUT2D eigenvalue weighted by atomic mass is 16.5. The van der Waals surface area contributed by atoms with Crippen LogP contribution < -0.4 is 15.8 Å². The van der Waals surface area contributed by atoms with Crippen molar-refractivity contribution in [3.8, 4) is 5.75 Å². The summed E-state index contributed by atoms with van der Waals surface area (Å²) >= 11 is 0. The van der Waals surface area contributed by atoms with Crippen LogP contribution in [-0.2, 0) is 11.3 Å². The molecule has 1 aliphatic heterocycles. The maximum atomic E-state index is 6.10. The third-order valence-electron chi connectivity index (χ3n) is 4.15. The number of anilines is 1. The molecule has 132 valence electrons. The summed E-state index contributed by atoms with van der Waals surface area (Å²) in [4.78, 5) is 4.45. The molecule has 0 amide bonds. The van der Waals surface area contributed by atoms with Gasteiger partial charge in [-0.15, -0.1) is 0 Å². The van der Waals surface area contributed by atoms with E-state index in [4.69, 9.17) is 15.2 Å². The Hall–Kier alpha value is -2.53. The Labute approximate surface area is 148 Å². The molecule has 0 radical (unpaired) electrons. The van der Waals surface area contributed by atoms with E-state index in [1.54, 1.807) is 0 Å². The SMILES string of the molecule is Cc1ccc(NC(N)=NCc2ccc(C)cc2OC2CCOC2)cc1. The first-order valence-corrected chi connectivity index (χ1v) is 8.58. The van der Waals surface area contributed by atoms with Gasteiger partial charge in [0.2, 0.25) is 0 Å². The van der Waals surface area contributed by atoms with E-state index in [2.05, 4.69) is 30.2 Å². The van der Waals surface area contributed by atoms with Gasteiger partial charge in [-0.2, -0.15) is 0 Å². The van der Waals surface area contributed by atoms with Gasteiger partial charge in [0.15, 0.2) is 5.96 Å². The maximum absolute atomic E-state index is 6.10. The molecule has 1 unspecified atom stereocenters. The molecule has 25 heavy (non-hydrogen) atoms. The first-order chi connectivity index (χ1) is 12.1. The highest BCUT2D eigenvalue weighted by molar-refractivity contribution is 5.92. The molecule has 3 N–H and O–H groups in total. The van der Waals surface area contributed by atoms with Crippen molar-refractivity contribution in [1.29, 1.82) is 0 Å². The van der Waals surface area contributed by atoms with Crippen molar-refractivity contribution in [3.63, 3.8) is 0 Å². The molecule has 0 aliphatic carbocycles. The summed E-state index contributed by atoms with van der Waals surface area (Å²) < 4.78 is 11.5. The Morgan fingerprint density at radius 2 is 1.96 bits per heavy atom. The van der Waals surface area contributed by atoms with E-state index in [1.807, 2.05) is 36.4 Å². The van der Waals surface area contributed by atoms with E-state index in [0.29, 0.717) is 19.1 Å². The Balaban J connectivity index is 1.67. The van der Waals surface area contributed by atoms with Crippen LogP contribution in [0.15, 0.2) is 47.5 Å². The minimum atomic E-state index is 0.118. The molecule has 1 fully saturated rings. The summed E-state index contributed by atoms with van der Waals surface area (Å²) in [6, 6.07) is 14.2. The van der Waals surface area contributed by atoms with Gasteiger partial charge in [0.05, 0.1) is 19.8 Å². The molecule has 2 aromatic carbocycles. The zero-order chi connectivity index (χ0) is 17.6. The first kappa shape index (κ1) is 17.3. The van der Waals surface area contributed by atoms with Crippen molar-refractivity contribution in [2.45, 2.75) is 32.9 Å². The monoisotopic (exact) mass is 339 g/mol. The zero-order valence-corrected chi connectivity index (χ0v) is 14.8. The van der Waals surface area contributed by atoms with Crippen molar-refractivity contribution >= 4 is 11.6 Å². The Bertz CT molecular complexity index is 735. The fourth-order valence-corrected chi connectivity index (χ4v) is 2.68. The lowest BCUT2D eigenvalue weighted by atomic mass is 10.1. The summed E-state index contributed by atoms with van der Waals surface area (Å²) in [7, 11) is 0. The third kappa shape index (κ3) is 4.97.